The van der Waals surface area contributed by atoms with Gasteiger partial charge in [0.15, 0.2) is 0 Å². The minimum absolute atomic E-state index is 0.376. The molecule has 0 amide bonds. The van der Waals surface area contributed by atoms with Crippen molar-refractivity contribution in [3.8, 4) is 0 Å². The van der Waals surface area contributed by atoms with Crippen LogP contribution in [0.2, 0.25) is 0 Å². The maximum Gasteiger partial charge on any atom is 0.0441 e. The van der Waals surface area contributed by atoms with Crippen molar-refractivity contribution < 1.29 is 0 Å². The SMILES string of the molecule is CC1CCC(Cl)CC1c1cnsc1. The normalized spacial score (nSPS) is 34.8. The summed E-state index contributed by atoms with van der Waals surface area (Å²) in [6.45, 7) is 2.32. The molecule has 0 spiro atoms. The Kier molecular flexibility index (Phi) is 2.89. The maximum atomic E-state index is 6.18. The number of aromatic nitrogens is 1. The highest BCUT2D eigenvalue weighted by Gasteiger charge is 2.28. The van der Waals surface area contributed by atoms with Gasteiger partial charge in [0.2, 0.25) is 0 Å². The first kappa shape index (κ1) is 9.47. The quantitative estimate of drug-likeness (QED) is 0.652. The van der Waals surface area contributed by atoms with Gasteiger partial charge in [0.05, 0.1) is 0 Å². The zero-order valence-electron chi connectivity index (χ0n) is 7.74. The zero-order valence-corrected chi connectivity index (χ0v) is 9.31. The molecule has 1 aromatic heterocycles. The summed E-state index contributed by atoms with van der Waals surface area (Å²) >= 11 is 7.72. The van der Waals surface area contributed by atoms with Gasteiger partial charge in [0.25, 0.3) is 0 Å². The number of alkyl halides is 1. The summed E-state index contributed by atoms with van der Waals surface area (Å²) in [4.78, 5) is 0. The van der Waals surface area contributed by atoms with Crippen molar-refractivity contribution >= 4 is 23.1 Å². The summed E-state index contributed by atoms with van der Waals surface area (Å²) in [5.74, 6) is 1.42. The second-order valence-electron chi connectivity index (χ2n) is 3.95. The number of nitrogens with zero attached hydrogens (tertiary/aromatic N) is 1. The van der Waals surface area contributed by atoms with Crippen molar-refractivity contribution in [2.75, 3.05) is 0 Å². The first-order valence-electron chi connectivity index (χ1n) is 4.80. The van der Waals surface area contributed by atoms with Crippen molar-refractivity contribution in [2.24, 2.45) is 5.92 Å². The standard InChI is InChI=1S/C10H14ClNS/c1-7-2-3-9(11)4-10(7)8-5-12-13-6-8/h5-7,9-10H,2-4H2,1H3. The van der Waals surface area contributed by atoms with E-state index in [4.69, 9.17) is 11.6 Å². The van der Waals surface area contributed by atoms with E-state index in [0.717, 1.165) is 12.3 Å². The van der Waals surface area contributed by atoms with Gasteiger partial charge >= 0.3 is 0 Å². The fourth-order valence-electron chi connectivity index (χ4n) is 2.13. The van der Waals surface area contributed by atoms with E-state index >= 15 is 0 Å². The van der Waals surface area contributed by atoms with Crippen LogP contribution >= 0.6 is 23.1 Å². The highest BCUT2D eigenvalue weighted by Crippen LogP contribution is 2.39. The largest absolute Gasteiger partial charge is 0.201 e. The number of hydrogen-bond acceptors (Lipinski definition) is 2. The molecule has 0 N–H and O–H groups in total. The molecule has 0 radical (unpaired) electrons. The van der Waals surface area contributed by atoms with Crippen LogP contribution in [0.15, 0.2) is 11.6 Å². The number of rotatable bonds is 1. The van der Waals surface area contributed by atoms with Crippen LogP contribution in [0.3, 0.4) is 0 Å². The zero-order chi connectivity index (χ0) is 9.26. The second kappa shape index (κ2) is 3.97. The van der Waals surface area contributed by atoms with Crippen LogP contribution in [0.5, 0.6) is 0 Å². The van der Waals surface area contributed by atoms with Gasteiger partial charge in [-0.15, -0.1) is 11.6 Å². The highest BCUT2D eigenvalue weighted by molar-refractivity contribution is 7.03. The fraction of sp³-hybridized carbons (Fsp3) is 0.700. The minimum Gasteiger partial charge on any atom is -0.201 e. The monoisotopic (exact) mass is 215 g/mol. The Bertz CT molecular complexity index is 260. The Morgan fingerprint density at radius 2 is 2.38 bits per heavy atom. The predicted molar refractivity (Wildman–Crippen MR) is 57.5 cm³/mol. The average Bonchev–Trinajstić information content (AvgIpc) is 2.61. The van der Waals surface area contributed by atoms with Crippen LogP contribution in [0.25, 0.3) is 0 Å². The van der Waals surface area contributed by atoms with Crippen LogP contribution in [0.1, 0.15) is 37.7 Å². The Hall–Kier alpha value is -0.0800. The third-order valence-corrected chi connectivity index (χ3v) is 4.01. The molecule has 0 aromatic carbocycles. The van der Waals surface area contributed by atoms with E-state index in [1.807, 2.05) is 6.20 Å². The molecule has 0 aliphatic heterocycles. The van der Waals surface area contributed by atoms with Gasteiger partial charge in [-0.2, -0.15) is 0 Å². The lowest BCUT2D eigenvalue weighted by molar-refractivity contribution is 0.335. The van der Waals surface area contributed by atoms with Crippen molar-refractivity contribution in [1.82, 2.24) is 4.37 Å². The lowest BCUT2D eigenvalue weighted by Gasteiger charge is -2.30. The third kappa shape index (κ3) is 2.05. The first-order valence-corrected chi connectivity index (χ1v) is 6.08. The van der Waals surface area contributed by atoms with Gasteiger partial charge in [-0.25, -0.2) is 4.37 Å². The molecule has 1 saturated carbocycles. The lowest BCUT2D eigenvalue weighted by atomic mass is 9.77. The fourth-order valence-corrected chi connectivity index (χ4v) is 3.05. The third-order valence-electron chi connectivity index (χ3n) is 3.01. The maximum absolute atomic E-state index is 6.18. The van der Waals surface area contributed by atoms with Crippen LogP contribution < -0.4 is 0 Å². The van der Waals surface area contributed by atoms with E-state index in [-0.39, 0.29) is 0 Å². The molecule has 1 aromatic rings. The van der Waals surface area contributed by atoms with Crippen LogP contribution in [0, 0.1) is 5.92 Å². The number of hydrogen-bond donors (Lipinski definition) is 0. The molecule has 1 heterocycles. The van der Waals surface area contributed by atoms with Crippen molar-refractivity contribution in [2.45, 2.75) is 37.5 Å². The molecular weight excluding hydrogens is 202 g/mol. The summed E-state index contributed by atoms with van der Waals surface area (Å²) in [6, 6.07) is 0. The van der Waals surface area contributed by atoms with Gasteiger partial charge in [-0.3, -0.25) is 0 Å². The molecule has 1 aliphatic rings. The van der Waals surface area contributed by atoms with Gasteiger partial charge in [-0.1, -0.05) is 6.92 Å². The molecule has 1 fully saturated rings. The highest BCUT2D eigenvalue weighted by atomic mass is 35.5. The van der Waals surface area contributed by atoms with Crippen LogP contribution in [-0.4, -0.2) is 9.75 Å². The van der Waals surface area contributed by atoms with Gasteiger partial charge in [0, 0.05) is 17.0 Å². The Balaban J connectivity index is 2.12. The van der Waals surface area contributed by atoms with E-state index < -0.39 is 0 Å². The van der Waals surface area contributed by atoms with Crippen LogP contribution in [0.4, 0.5) is 0 Å². The molecule has 3 heteroatoms. The lowest BCUT2D eigenvalue weighted by Crippen LogP contribution is -2.21. The van der Waals surface area contributed by atoms with Gasteiger partial charge < -0.3 is 0 Å². The Morgan fingerprint density at radius 1 is 1.54 bits per heavy atom. The molecule has 2 rings (SSSR count). The molecular formula is C10H14ClNS. The summed E-state index contributed by atoms with van der Waals surface area (Å²) < 4.78 is 4.16. The van der Waals surface area contributed by atoms with E-state index in [2.05, 4.69) is 16.7 Å². The topological polar surface area (TPSA) is 12.9 Å². The molecule has 1 aliphatic carbocycles. The first-order chi connectivity index (χ1) is 6.27. The van der Waals surface area contributed by atoms with E-state index in [0.29, 0.717) is 11.3 Å². The van der Waals surface area contributed by atoms with Gasteiger partial charge in [0.1, 0.15) is 0 Å². The molecule has 0 saturated heterocycles. The van der Waals surface area contributed by atoms with Crippen molar-refractivity contribution in [1.29, 1.82) is 0 Å². The van der Waals surface area contributed by atoms with E-state index in [1.165, 1.54) is 18.4 Å². The minimum atomic E-state index is 0.376. The van der Waals surface area contributed by atoms with Crippen LogP contribution in [-0.2, 0) is 0 Å². The molecule has 3 unspecified atom stereocenters. The molecule has 13 heavy (non-hydrogen) atoms. The number of halogens is 1. The Morgan fingerprint density at radius 3 is 3.08 bits per heavy atom. The van der Waals surface area contributed by atoms with Gasteiger partial charge in [-0.05, 0) is 48.2 Å². The smallest absolute Gasteiger partial charge is 0.0441 e. The molecule has 72 valence electrons. The molecule has 0 bridgehead atoms. The summed E-state index contributed by atoms with van der Waals surface area (Å²) in [5.41, 5.74) is 1.39. The van der Waals surface area contributed by atoms with E-state index in [9.17, 15) is 0 Å². The second-order valence-corrected chi connectivity index (χ2v) is 5.23. The average molecular weight is 216 g/mol. The van der Waals surface area contributed by atoms with Crippen molar-refractivity contribution in [3.05, 3.63) is 17.1 Å². The molecule has 3 atom stereocenters. The van der Waals surface area contributed by atoms with E-state index in [1.54, 1.807) is 11.5 Å². The predicted octanol–water partition coefficient (Wildman–Crippen LogP) is 3.65. The summed E-state index contributed by atoms with van der Waals surface area (Å²) in [6.07, 6.45) is 5.56. The Labute approximate surface area is 88.3 Å². The summed E-state index contributed by atoms with van der Waals surface area (Å²) in [5, 5.41) is 2.54. The molecule has 1 nitrogen and oxygen atoms in total. The van der Waals surface area contributed by atoms with Crippen molar-refractivity contribution in [3.63, 3.8) is 0 Å². The summed E-state index contributed by atoms with van der Waals surface area (Å²) in [7, 11) is 0.